The van der Waals surface area contributed by atoms with Gasteiger partial charge in [-0.3, -0.25) is 0 Å². The standard InChI is InChI=1S/C8H7ClN2/c9-11-6-8-3-1-7(5-10)2-4-8/h1-4,11H,6H2. The third kappa shape index (κ3) is 2.23. The Balaban J connectivity index is 2.76. The number of nitrogens with zero attached hydrogens (tertiary/aromatic N) is 1. The molecule has 0 saturated heterocycles. The minimum absolute atomic E-state index is 0.618. The van der Waals surface area contributed by atoms with Crippen molar-refractivity contribution in [3.05, 3.63) is 35.4 Å². The lowest BCUT2D eigenvalue weighted by Crippen LogP contribution is -1.97. The summed E-state index contributed by atoms with van der Waals surface area (Å²) in [5.74, 6) is 0. The summed E-state index contributed by atoms with van der Waals surface area (Å²) in [6.45, 7) is 0.618. The van der Waals surface area contributed by atoms with E-state index in [-0.39, 0.29) is 0 Å². The Kier molecular flexibility index (Phi) is 2.91. The van der Waals surface area contributed by atoms with Gasteiger partial charge in [0.1, 0.15) is 0 Å². The maximum Gasteiger partial charge on any atom is 0.0991 e. The Morgan fingerprint density at radius 1 is 1.36 bits per heavy atom. The van der Waals surface area contributed by atoms with Gasteiger partial charge in [0.15, 0.2) is 0 Å². The molecule has 0 heterocycles. The predicted molar refractivity (Wildman–Crippen MR) is 43.8 cm³/mol. The predicted octanol–water partition coefficient (Wildman–Crippen LogP) is 1.80. The van der Waals surface area contributed by atoms with Crippen LogP contribution in [0.3, 0.4) is 0 Å². The number of halogens is 1. The monoisotopic (exact) mass is 166 g/mol. The molecule has 56 valence electrons. The molecule has 0 fully saturated rings. The van der Waals surface area contributed by atoms with Crippen LogP contribution in [-0.2, 0) is 6.54 Å². The van der Waals surface area contributed by atoms with Crippen LogP contribution in [0.1, 0.15) is 11.1 Å². The average molecular weight is 167 g/mol. The van der Waals surface area contributed by atoms with E-state index in [1.807, 2.05) is 18.2 Å². The summed E-state index contributed by atoms with van der Waals surface area (Å²) in [6.07, 6.45) is 0. The Labute approximate surface area is 70.5 Å². The van der Waals surface area contributed by atoms with E-state index in [0.29, 0.717) is 12.1 Å². The Morgan fingerprint density at radius 2 is 2.00 bits per heavy atom. The molecule has 0 amide bonds. The van der Waals surface area contributed by atoms with E-state index in [9.17, 15) is 0 Å². The first-order valence-corrected chi connectivity index (χ1v) is 3.57. The molecule has 2 nitrogen and oxygen atoms in total. The summed E-state index contributed by atoms with van der Waals surface area (Å²) < 4.78 is 0. The number of nitrogens with one attached hydrogen (secondary N) is 1. The molecule has 0 atom stereocenters. The van der Waals surface area contributed by atoms with Crippen molar-refractivity contribution in [1.29, 1.82) is 5.26 Å². The molecule has 1 N–H and O–H groups in total. The molecule has 11 heavy (non-hydrogen) atoms. The van der Waals surface area contributed by atoms with Crippen LogP contribution in [0.5, 0.6) is 0 Å². The van der Waals surface area contributed by atoms with Gasteiger partial charge in [0.2, 0.25) is 0 Å². The van der Waals surface area contributed by atoms with Gasteiger partial charge in [-0.2, -0.15) is 5.26 Å². The molecule has 0 aliphatic rings. The minimum Gasteiger partial charge on any atom is -0.229 e. The zero-order chi connectivity index (χ0) is 8.10. The topological polar surface area (TPSA) is 35.8 Å². The largest absolute Gasteiger partial charge is 0.229 e. The molecule has 0 radical (unpaired) electrons. The van der Waals surface area contributed by atoms with Gasteiger partial charge < -0.3 is 0 Å². The van der Waals surface area contributed by atoms with Crippen LogP contribution in [0, 0.1) is 11.3 Å². The van der Waals surface area contributed by atoms with E-state index in [1.54, 1.807) is 12.1 Å². The molecular formula is C8H7ClN2. The number of hydrogen-bond donors (Lipinski definition) is 1. The molecular weight excluding hydrogens is 160 g/mol. The average Bonchev–Trinajstić information content (AvgIpc) is 2.07. The highest BCUT2D eigenvalue weighted by atomic mass is 35.5. The SMILES string of the molecule is N#Cc1ccc(CNCl)cc1. The van der Waals surface area contributed by atoms with Gasteiger partial charge in [-0.05, 0) is 29.5 Å². The highest BCUT2D eigenvalue weighted by Crippen LogP contribution is 2.02. The molecule has 3 heteroatoms. The molecule has 0 bridgehead atoms. The van der Waals surface area contributed by atoms with Crippen molar-refractivity contribution < 1.29 is 0 Å². The van der Waals surface area contributed by atoms with Crippen molar-refractivity contribution in [3.8, 4) is 6.07 Å². The maximum absolute atomic E-state index is 8.47. The zero-order valence-electron chi connectivity index (χ0n) is 5.84. The summed E-state index contributed by atoms with van der Waals surface area (Å²) in [4.78, 5) is 2.51. The Hall–Kier alpha value is -1.04. The van der Waals surface area contributed by atoms with Crippen molar-refractivity contribution in [2.75, 3.05) is 0 Å². The molecule has 1 aromatic carbocycles. The number of nitriles is 1. The highest BCUT2D eigenvalue weighted by Gasteiger charge is 1.91. The van der Waals surface area contributed by atoms with Crippen LogP contribution < -0.4 is 4.84 Å². The third-order valence-electron chi connectivity index (χ3n) is 1.35. The number of benzene rings is 1. The second-order valence-corrected chi connectivity index (χ2v) is 2.39. The molecule has 0 unspecified atom stereocenters. The summed E-state index contributed by atoms with van der Waals surface area (Å²) in [6, 6.07) is 9.32. The van der Waals surface area contributed by atoms with Gasteiger partial charge in [0, 0.05) is 6.54 Å². The summed E-state index contributed by atoms with van der Waals surface area (Å²) >= 11 is 5.29. The minimum atomic E-state index is 0.618. The van der Waals surface area contributed by atoms with E-state index in [1.165, 1.54) is 0 Å². The van der Waals surface area contributed by atoms with E-state index in [2.05, 4.69) is 4.84 Å². The first-order valence-electron chi connectivity index (χ1n) is 3.19. The first-order chi connectivity index (χ1) is 5.36. The van der Waals surface area contributed by atoms with Gasteiger partial charge >= 0.3 is 0 Å². The smallest absolute Gasteiger partial charge is 0.0991 e. The maximum atomic E-state index is 8.47. The quantitative estimate of drug-likeness (QED) is 0.681. The van der Waals surface area contributed by atoms with Crippen LogP contribution in [0.2, 0.25) is 0 Å². The lowest BCUT2D eigenvalue weighted by molar-refractivity contribution is 0.963. The molecule has 1 aromatic rings. The van der Waals surface area contributed by atoms with Crippen molar-refractivity contribution in [2.45, 2.75) is 6.54 Å². The fraction of sp³-hybridized carbons (Fsp3) is 0.125. The van der Waals surface area contributed by atoms with E-state index < -0.39 is 0 Å². The fourth-order valence-electron chi connectivity index (χ4n) is 0.774. The molecule has 0 aliphatic carbocycles. The van der Waals surface area contributed by atoms with Crippen molar-refractivity contribution >= 4 is 11.8 Å². The second kappa shape index (κ2) is 3.97. The van der Waals surface area contributed by atoms with Gasteiger partial charge in [-0.1, -0.05) is 12.1 Å². The van der Waals surface area contributed by atoms with Crippen LogP contribution in [0.15, 0.2) is 24.3 Å². The van der Waals surface area contributed by atoms with Gasteiger partial charge in [0.05, 0.1) is 11.6 Å². The zero-order valence-corrected chi connectivity index (χ0v) is 6.60. The Morgan fingerprint density at radius 3 is 2.45 bits per heavy atom. The summed E-state index contributed by atoms with van der Waals surface area (Å²) in [5, 5.41) is 8.47. The van der Waals surface area contributed by atoms with Crippen LogP contribution in [0.25, 0.3) is 0 Å². The number of rotatable bonds is 2. The second-order valence-electron chi connectivity index (χ2n) is 2.12. The van der Waals surface area contributed by atoms with E-state index >= 15 is 0 Å². The summed E-state index contributed by atoms with van der Waals surface area (Å²) in [5.41, 5.74) is 1.74. The van der Waals surface area contributed by atoms with Crippen LogP contribution in [-0.4, -0.2) is 0 Å². The lowest BCUT2D eigenvalue weighted by atomic mass is 10.1. The van der Waals surface area contributed by atoms with E-state index in [4.69, 9.17) is 17.0 Å². The van der Waals surface area contributed by atoms with Crippen LogP contribution in [0.4, 0.5) is 0 Å². The highest BCUT2D eigenvalue weighted by molar-refractivity contribution is 6.13. The fourth-order valence-corrected chi connectivity index (χ4v) is 0.929. The molecule has 0 aliphatic heterocycles. The lowest BCUT2D eigenvalue weighted by Gasteiger charge is -1.96. The van der Waals surface area contributed by atoms with Crippen molar-refractivity contribution in [2.24, 2.45) is 0 Å². The van der Waals surface area contributed by atoms with Crippen molar-refractivity contribution in [1.82, 2.24) is 4.84 Å². The first kappa shape index (κ1) is 8.06. The third-order valence-corrected chi connectivity index (χ3v) is 1.49. The molecule has 1 rings (SSSR count). The van der Waals surface area contributed by atoms with E-state index in [0.717, 1.165) is 5.56 Å². The molecule has 0 spiro atoms. The van der Waals surface area contributed by atoms with Gasteiger partial charge in [-0.25, -0.2) is 4.84 Å². The molecule has 0 saturated carbocycles. The van der Waals surface area contributed by atoms with Crippen molar-refractivity contribution in [3.63, 3.8) is 0 Å². The van der Waals surface area contributed by atoms with Crippen LogP contribution >= 0.6 is 11.8 Å². The molecule has 0 aromatic heterocycles. The number of hydrogen-bond acceptors (Lipinski definition) is 2. The summed E-state index contributed by atoms with van der Waals surface area (Å²) in [7, 11) is 0. The Bertz CT molecular complexity index is 260. The van der Waals surface area contributed by atoms with Gasteiger partial charge in [0.25, 0.3) is 0 Å². The normalized spacial score (nSPS) is 9.09. The van der Waals surface area contributed by atoms with Gasteiger partial charge in [-0.15, -0.1) is 0 Å².